The number of methoxy groups -OCH3 is 2. The topological polar surface area (TPSA) is 103 Å². The first-order chi connectivity index (χ1) is 20.9. The van der Waals surface area contributed by atoms with Gasteiger partial charge >= 0.3 is 5.97 Å². The summed E-state index contributed by atoms with van der Waals surface area (Å²) in [4.78, 5) is 31.0. The monoisotopic (exact) mass is 590 g/mol. The van der Waals surface area contributed by atoms with E-state index in [2.05, 4.69) is 12.1 Å². The molecule has 3 aromatic carbocycles. The highest BCUT2D eigenvalue weighted by molar-refractivity contribution is 7.07. The second-order valence-corrected chi connectivity index (χ2v) is 11.3. The number of hydrogen-bond acceptors (Lipinski definition) is 7. The molecule has 1 aliphatic carbocycles. The molecule has 0 amide bonds. The summed E-state index contributed by atoms with van der Waals surface area (Å²) in [5.41, 5.74) is 5.88. The first-order valence-electron chi connectivity index (χ1n) is 13.7. The molecule has 9 heteroatoms. The summed E-state index contributed by atoms with van der Waals surface area (Å²) in [7, 11) is 3.25. The van der Waals surface area contributed by atoms with Crippen LogP contribution in [-0.4, -0.2) is 29.9 Å². The lowest BCUT2D eigenvalue weighted by molar-refractivity contribution is 0.0697. The molecule has 8 nitrogen and oxygen atoms in total. The van der Waals surface area contributed by atoms with Gasteiger partial charge in [-0.3, -0.25) is 9.36 Å². The Morgan fingerprint density at radius 3 is 2.60 bits per heavy atom. The van der Waals surface area contributed by atoms with E-state index in [-0.39, 0.29) is 11.1 Å². The number of carbonyl (C=O) groups is 1. The Bertz CT molecular complexity index is 2120. The van der Waals surface area contributed by atoms with Gasteiger partial charge in [0.05, 0.1) is 36.1 Å². The lowest BCUT2D eigenvalue weighted by Crippen LogP contribution is -2.39. The molecule has 43 heavy (non-hydrogen) atoms. The second-order valence-electron chi connectivity index (χ2n) is 10.3. The minimum atomic E-state index is -0.989. The van der Waals surface area contributed by atoms with Crippen LogP contribution in [0.5, 0.6) is 11.5 Å². The number of carboxylic acids is 1. The van der Waals surface area contributed by atoms with Crippen LogP contribution in [0.15, 0.2) is 98.6 Å². The van der Waals surface area contributed by atoms with Gasteiger partial charge in [-0.2, -0.15) is 0 Å². The number of hydrogen-bond donors (Lipinski definition) is 1. The summed E-state index contributed by atoms with van der Waals surface area (Å²) in [5.74, 6) is 1.43. The molecule has 1 aliphatic heterocycles. The fourth-order valence-electron chi connectivity index (χ4n) is 5.84. The summed E-state index contributed by atoms with van der Waals surface area (Å²) >= 11 is 1.32. The molecule has 0 saturated carbocycles. The van der Waals surface area contributed by atoms with Crippen LogP contribution in [0.3, 0.4) is 0 Å². The molecule has 0 saturated heterocycles. The molecule has 1 atom stereocenters. The fraction of sp³-hybridized carbons (Fsp3) is 0.147. The Labute approximate surface area is 250 Å². The van der Waals surface area contributed by atoms with Gasteiger partial charge in [-0.25, -0.2) is 9.79 Å². The van der Waals surface area contributed by atoms with Crippen molar-refractivity contribution in [1.82, 2.24) is 4.57 Å². The highest BCUT2D eigenvalue weighted by atomic mass is 32.1. The number of fused-ring (bicyclic) bond motifs is 3. The van der Waals surface area contributed by atoms with Crippen molar-refractivity contribution in [3.05, 3.63) is 132 Å². The van der Waals surface area contributed by atoms with Crippen molar-refractivity contribution in [2.45, 2.75) is 18.9 Å². The van der Waals surface area contributed by atoms with Crippen molar-refractivity contribution in [3.8, 4) is 22.8 Å². The molecular formula is C34H26N2O6S. The van der Waals surface area contributed by atoms with Gasteiger partial charge in [-0.05, 0) is 66.4 Å². The number of aromatic nitrogens is 1. The number of thiazole rings is 1. The number of carboxylic acid groups (broad SMARTS) is 1. The minimum Gasteiger partial charge on any atom is -0.497 e. The van der Waals surface area contributed by atoms with Gasteiger partial charge in [-0.1, -0.05) is 47.7 Å². The number of rotatable bonds is 6. The van der Waals surface area contributed by atoms with E-state index in [9.17, 15) is 14.7 Å². The van der Waals surface area contributed by atoms with E-state index in [4.69, 9.17) is 18.9 Å². The Morgan fingerprint density at radius 2 is 1.84 bits per heavy atom. The van der Waals surface area contributed by atoms with Crippen LogP contribution in [0, 0.1) is 0 Å². The van der Waals surface area contributed by atoms with Gasteiger partial charge in [-0.15, -0.1) is 0 Å². The largest absolute Gasteiger partial charge is 0.497 e. The van der Waals surface area contributed by atoms with Crippen LogP contribution >= 0.6 is 11.3 Å². The molecule has 1 N–H and O–H groups in total. The molecule has 0 fully saturated rings. The third kappa shape index (κ3) is 4.58. The van der Waals surface area contributed by atoms with Gasteiger partial charge in [0.25, 0.3) is 5.56 Å². The molecule has 0 spiro atoms. The zero-order chi connectivity index (χ0) is 29.7. The molecule has 2 aromatic heterocycles. The van der Waals surface area contributed by atoms with Crippen LogP contribution in [0.2, 0.25) is 0 Å². The van der Waals surface area contributed by atoms with Gasteiger partial charge < -0.3 is 19.0 Å². The van der Waals surface area contributed by atoms with Crippen LogP contribution in [-0.2, 0) is 6.42 Å². The third-order valence-electron chi connectivity index (χ3n) is 7.92. The number of aromatic carboxylic acids is 1. The van der Waals surface area contributed by atoms with Crippen LogP contribution in [0.1, 0.15) is 45.3 Å². The predicted octanol–water partition coefficient (Wildman–Crippen LogP) is 5.29. The Balaban J connectivity index is 1.39. The fourth-order valence-corrected chi connectivity index (χ4v) is 6.82. The predicted molar refractivity (Wildman–Crippen MR) is 163 cm³/mol. The Morgan fingerprint density at radius 1 is 1.02 bits per heavy atom. The maximum absolute atomic E-state index is 14.1. The summed E-state index contributed by atoms with van der Waals surface area (Å²) in [6.45, 7) is 0. The first kappa shape index (κ1) is 26.7. The van der Waals surface area contributed by atoms with Crippen LogP contribution in [0.4, 0.5) is 0 Å². The third-order valence-corrected chi connectivity index (χ3v) is 8.90. The normalized spacial score (nSPS) is 15.8. The van der Waals surface area contributed by atoms with Crippen molar-refractivity contribution in [2.24, 2.45) is 4.99 Å². The number of furan rings is 1. The van der Waals surface area contributed by atoms with E-state index < -0.39 is 12.0 Å². The Hall–Kier alpha value is -5.15. The average Bonchev–Trinajstić information content (AvgIpc) is 3.63. The molecule has 5 aromatic rings. The lowest BCUT2D eigenvalue weighted by Gasteiger charge is -2.31. The zero-order valence-corrected chi connectivity index (χ0v) is 24.2. The molecule has 2 aliphatic rings. The van der Waals surface area contributed by atoms with Crippen molar-refractivity contribution >= 4 is 29.1 Å². The zero-order valence-electron chi connectivity index (χ0n) is 23.4. The van der Waals surface area contributed by atoms with Crippen molar-refractivity contribution < 1.29 is 23.8 Å². The second kappa shape index (κ2) is 10.6. The number of benzene rings is 3. The molecule has 0 bridgehead atoms. The molecule has 3 heterocycles. The van der Waals surface area contributed by atoms with Gasteiger partial charge in [0.15, 0.2) is 4.80 Å². The SMILES string of the molecule is COc1ccc(OC)c(C2C3=C(N=c4sc(=Cc5ccc(-c6ccc(C(=O)O)cc6)o5)c(=O)n42)c2ccccc2CC3)c1. The van der Waals surface area contributed by atoms with Gasteiger partial charge in [0.2, 0.25) is 0 Å². The van der Waals surface area contributed by atoms with Crippen molar-refractivity contribution in [3.63, 3.8) is 0 Å². The van der Waals surface area contributed by atoms with Crippen molar-refractivity contribution in [1.29, 1.82) is 0 Å². The standard InChI is InChI=1S/C34H26N2O6S/c1-40-22-12-16-28(41-2)26(17-22)31-25-14-11-19-5-3-4-6-24(19)30(25)35-34-36(31)32(37)29(43-34)18-23-13-15-27(42-23)20-7-9-21(10-8-20)33(38)39/h3-10,12-13,15-18,31H,11,14H2,1-2H3,(H,38,39). The number of aryl methyl sites for hydroxylation is 1. The van der Waals surface area contributed by atoms with Gasteiger partial charge in [0, 0.05) is 22.8 Å². The number of nitrogens with zero attached hydrogens (tertiary/aromatic N) is 2. The van der Waals surface area contributed by atoms with E-state index >= 15 is 0 Å². The molecule has 7 rings (SSSR count). The van der Waals surface area contributed by atoms with Crippen molar-refractivity contribution in [2.75, 3.05) is 14.2 Å². The highest BCUT2D eigenvalue weighted by Crippen LogP contribution is 2.44. The average molecular weight is 591 g/mol. The summed E-state index contributed by atoms with van der Waals surface area (Å²) in [6.07, 6.45) is 3.34. The first-order valence-corrected chi connectivity index (χ1v) is 14.6. The highest BCUT2D eigenvalue weighted by Gasteiger charge is 2.34. The number of allylic oxidation sites excluding steroid dienone is 1. The smallest absolute Gasteiger partial charge is 0.335 e. The van der Waals surface area contributed by atoms with E-state index in [1.165, 1.54) is 29.0 Å². The molecule has 1 unspecified atom stereocenters. The number of ether oxygens (including phenoxy) is 2. The quantitative estimate of drug-likeness (QED) is 0.288. The van der Waals surface area contributed by atoms with E-state index in [0.717, 1.165) is 40.8 Å². The molecule has 214 valence electrons. The Kier molecular flexibility index (Phi) is 6.59. The van der Waals surface area contributed by atoms with E-state index in [0.29, 0.717) is 32.4 Å². The van der Waals surface area contributed by atoms with Gasteiger partial charge in [0.1, 0.15) is 23.0 Å². The summed E-state index contributed by atoms with van der Waals surface area (Å²) < 4.78 is 19.7. The molecular weight excluding hydrogens is 564 g/mol. The van der Waals surface area contributed by atoms with E-state index in [1.807, 2.05) is 30.3 Å². The lowest BCUT2D eigenvalue weighted by atomic mass is 9.83. The summed E-state index contributed by atoms with van der Waals surface area (Å²) in [5, 5.41) is 9.19. The maximum atomic E-state index is 14.1. The summed E-state index contributed by atoms with van der Waals surface area (Å²) in [6, 6.07) is 23.6. The molecule has 0 radical (unpaired) electrons. The van der Waals surface area contributed by atoms with E-state index in [1.54, 1.807) is 49.1 Å². The van der Waals surface area contributed by atoms with Crippen LogP contribution < -0.4 is 24.4 Å². The van der Waals surface area contributed by atoms with Crippen LogP contribution in [0.25, 0.3) is 23.1 Å². The maximum Gasteiger partial charge on any atom is 0.335 e. The minimum absolute atomic E-state index is 0.173.